The Morgan fingerprint density at radius 1 is 1.06 bits per heavy atom. The summed E-state index contributed by atoms with van der Waals surface area (Å²) in [5, 5.41) is 11.8. The van der Waals surface area contributed by atoms with E-state index in [-0.39, 0.29) is 81.6 Å². The molecular formula is C32H31Cl2F2N3O10S. The molecule has 3 aromatic rings. The maximum Gasteiger partial charge on any atom is 0.387 e. The van der Waals surface area contributed by atoms with Gasteiger partial charge in [0.2, 0.25) is 10.0 Å². The van der Waals surface area contributed by atoms with Crippen molar-refractivity contribution >= 4 is 56.7 Å². The fraction of sp³-hybridized carbons (Fsp3) is 0.375. The van der Waals surface area contributed by atoms with Crippen LogP contribution in [-0.2, 0) is 30.7 Å². The van der Waals surface area contributed by atoms with Gasteiger partial charge in [-0.3, -0.25) is 23.6 Å². The lowest BCUT2D eigenvalue weighted by Gasteiger charge is -2.22. The fourth-order valence-corrected chi connectivity index (χ4v) is 6.73. The summed E-state index contributed by atoms with van der Waals surface area (Å²) in [7, 11) is -2.39. The SMILES string of the molecule is COCCN(c1ccc2c(c1)C(=O)N(CC(=O)OC(Cc1c(Cl)c[n+]([O-])cc1Cl)c1ccc(OC(F)F)c(OCC3CC3)c1)C2=O)S(C)(=O)=O. The number of anilines is 1. The molecule has 0 bridgehead atoms. The first-order chi connectivity index (χ1) is 23.7. The Balaban J connectivity index is 1.42. The van der Waals surface area contributed by atoms with Gasteiger partial charge in [0.05, 0.1) is 42.8 Å². The molecule has 0 radical (unpaired) electrons. The molecule has 2 amide bonds. The number of ether oxygens (including phenoxy) is 4. The van der Waals surface area contributed by atoms with Gasteiger partial charge in [0.15, 0.2) is 23.9 Å². The number of carbonyl (C=O) groups excluding carboxylic acids is 3. The van der Waals surface area contributed by atoms with Crippen LogP contribution in [0.1, 0.15) is 50.8 Å². The molecule has 1 aromatic heterocycles. The van der Waals surface area contributed by atoms with Crippen molar-refractivity contribution in [1.29, 1.82) is 0 Å². The van der Waals surface area contributed by atoms with Crippen molar-refractivity contribution in [3.63, 3.8) is 0 Å². The van der Waals surface area contributed by atoms with Gasteiger partial charge in [0.1, 0.15) is 22.7 Å². The van der Waals surface area contributed by atoms with Crippen LogP contribution in [0.2, 0.25) is 10.0 Å². The molecule has 1 atom stereocenters. The number of benzene rings is 2. The summed E-state index contributed by atoms with van der Waals surface area (Å²) in [5.41, 5.74) is 0.390. The maximum atomic E-state index is 13.4. The monoisotopic (exact) mass is 757 g/mol. The lowest BCUT2D eigenvalue weighted by molar-refractivity contribution is -0.605. The van der Waals surface area contributed by atoms with E-state index in [2.05, 4.69) is 4.74 Å². The molecule has 1 aliphatic carbocycles. The Morgan fingerprint density at radius 3 is 2.36 bits per heavy atom. The number of carbonyl (C=O) groups is 3. The Labute approximate surface area is 295 Å². The molecule has 5 rings (SSSR count). The average Bonchev–Trinajstić information content (AvgIpc) is 3.84. The third-order valence-corrected chi connectivity index (χ3v) is 9.72. The molecule has 18 heteroatoms. The smallest absolute Gasteiger partial charge is 0.387 e. The predicted octanol–water partition coefficient (Wildman–Crippen LogP) is 4.55. The fourth-order valence-electron chi connectivity index (χ4n) is 5.22. The number of methoxy groups -OCH3 is 1. The van der Waals surface area contributed by atoms with Gasteiger partial charge in [-0.25, -0.2) is 8.42 Å². The quantitative estimate of drug-likeness (QED) is 0.0880. The average molecular weight is 759 g/mol. The van der Waals surface area contributed by atoms with Gasteiger partial charge in [0.25, 0.3) is 11.8 Å². The molecule has 1 saturated carbocycles. The summed E-state index contributed by atoms with van der Waals surface area (Å²) in [6.45, 7) is -3.74. The van der Waals surface area contributed by atoms with E-state index in [0.29, 0.717) is 9.63 Å². The highest BCUT2D eigenvalue weighted by molar-refractivity contribution is 7.92. The number of aromatic nitrogens is 1. The van der Waals surface area contributed by atoms with Crippen molar-refractivity contribution in [3.8, 4) is 11.5 Å². The number of imide groups is 1. The normalized spacial score (nSPS) is 14.9. The van der Waals surface area contributed by atoms with Gasteiger partial charge in [-0.05, 0) is 54.7 Å². The van der Waals surface area contributed by atoms with Crippen molar-refractivity contribution in [2.24, 2.45) is 5.92 Å². The standard InChI is InChI=1S/C32H31Cl2F2N3O10S/c1-46-10-9-39(50(2,44)45)20-6-7-21-22(12-20)31(42)38(30(21)41)16-29(40)48-27(13-23-24(33)14-37(43)15-25(23)34)19-5-8-26(49-32(35)36)28(11-19)47-17-18-3-4-18/h5-8,11-12,14-15,18,27,32H,3-4,9-10,13,16-17H2,1-2H3. The minimum atomic E-state index is -3.78. The molecule has 2 heterocycles. The summed E-state index contributed by atoms with van der Waals surface area (Å²) >= 11 is 12.6. The molecule has 13 nitrogen and oxygen atoms in total. The summed E-state index contributed by atoms with van der Waals surface area (Å²) in [6, 6.07) is 7.84. The van der Waals surface area contributed by atoms with Gasteiger partial charge in [0, 0.05) is 19.1 Å². The highest BCUT2D eigenvalue weighted by atomic mass is 35.5. The van der Waals surface area contributed by atoms with Crippen molar-refractivity contribution in [1.82, 2.24) is 4.90 Å². The molecule has 1 aliphatic heterocycles. The maximum absolute atomic E-state index is 13.4. The number of amides is 2. The number of pyridine rings is 1. The molecule has 1 unspecified atom stereocenters. The molecule has 1 fully saturated rings. The Bertz CT molecular complexity index is 1890. The number of esters is 1. The summed E-state index contributed by atoms with van der Waals surface area (Å²) in [4.78, 5) is 40.7. The lowest BCUT2D eigenvalue weighted by Crippen LogP contribution is -2.36. The van der Waals surface area contributed by atoms with E-state index in [1.165, 1.54) is 43.5 Å². The number of hydrogen-bond acceptors (Lipinski definition) is 10. The Morgan fingerprint density at radius 2 is 1.74 bits per heavy atom. The van der Waals surface area contributed by atoms with Crippen molar-refractivity contribution < 1.29 is 55.3 Å². The van der Waals surface area contributed by atoms with Crippen LogP contribution in [-0.4, -0.2) is 77.4 Å². The minimum Gasteiger partial charge on any atom is -0.619 e. The van der Waals surface area contributed by atoms with Gasteiger partial charge in [-0.1, -0.05) is 29.3 Å². The number of sulfonamides is 1. The van der Waals surface area contributed by atoms with E-state index < -0.39 is 47.1 Å². The van der Waals surface area contributed by atoms with E-state index >= 15 is 0 Å². The molecule has 2 aromatic carbocycles. The first-order valence-corrected chi connectivity index (χ1v) is 17.7. The second-order valence-corrected chi connectivity index (χ2v) is 14.3. The van der Waals surface area contributed by atoms with Crippen molar-refractivity contribution in [3.05, 3.63) is 86.3 Å². The van der Waals surface area contributed by atoms with Crippen LogP contribution in [0.5, 0.6) is 11.5 Å². The molecule has 0 N–H and O–H groups in total. The molecule has 0 saturated heterocycles. The van der Waals surface area contributed by atoms with Crippen LogP contribution in [0, 0.1) is 11.1 Å². The highest BCUT2D eigenvalue weighted by Crippen LogP contribution is 2.38. The van der Waals surface area contributed by atoms with Gasteiger partial charge in [-0.2, -0.15) is 13.5 Å². The van der Waals surface area contributed by atoms with E-state index in [4.69, 9.17) is 37.4 Å². The van der Waals surface area contributed by atoms with E-state index in [1.54, 1.807) is 0 Å². The third kappa shape index (κ3) is 8.72. The van der Waals surface area contributed by atoms with Gasteiger partial charge >= 0.3 is 12.6 Å². The van der Waals surface area contributed by atoms with Gasteiger partial charge < -0.3 is 24.2 Å². The zero-order chi connectivity index (χ0) is 36.3. The summed E-state index contributed by atoms with van der Waals surface area (Å²) < 4.78 is 73.7. The first-order valence-electron chi connectivity index (χ1n) is 15.1. The van der Waals surface area contributed by atoms with E-state index in [9.17, 15) is 36.8 Å². The molecule has 268 valence electrons. The minimum absolute atomic E-state index is 0.0387. The number of nitrogens with zero attached hydrogens (tertiary/aromatic N) is 3. The number of rotatable bonds is 16. The second-order valence-electron chi connectivity index (χ2n) is 11.6. The molecule has 2 aliphatic rings. The molecular weight excluding hydrogens is 727 g/mol. The number of fused-ring (bicyclic) bond motifs is 1. The van der Waals surface area contributed by atoms with E-state index in [1.807, 2.05) is 0 Å². The van der Waals surface area contributed by atoms with Crippen LogP contribution in [0.4, 0.5) is 14.5 Å². The zero-order valence-corrected chi connectivity index (χ0v) is 29.0. The van der Waals surface area contributed by atoms with Crippen molar-refractivity contribution in [2.75, 3.05) is 44.0 Å². The second kappa shape index (κ2) is 15.3. The highest BCUT2D eigenvalue weighted by Gasteiger charge is 2.38. The number of hydrogen-bond donors (Lipinski definition) is 0. The van der Waals surface area contributed by atoms with Crippen molar-refractivity contribution in [2.45, 2.75) is 32.0 Å². The van der Waals surface area contributed by atoms with Crippen LogP contribution >= 0.6 is 23.2 Å². The van der Waals surface area contributed by atoms with Crippen LogP contribution < -0.4 is 18.5 Å². The number of halogens is 4. The van der Waals surface area contributed by atoms with E-state index in [0.717, 1.165) is 35.8 Å². The van der Waals surface area contributed by atoms with Crippen LogP contribution in [0.25, 0.3) is 0 Å². The number of alkyl halides is 2. The largest absolute Gasteiger partial charge is 0.619 e. The van der Waals surface area contributed by atoms with Crippen LogP contribution in [0.15, 0.2) is 48.8 Å². The lowest BCUT2D eigenvalue weighted by atomic mass is 10.0. The Kier molecular flexibility index (Phi) is 11.3. The summed E-state index contributed by atoms with van der Waals surface area (Å²) in [5.74, 6) is -2.76. The first kappa shape index (κ1) is 37.0. The zero-order valence-electron chi connectivity index (χ0n) is 26.6. The summed E-state index contributed by atoms with van der Waals surface area (Å²) in [6.07, 6.45) is 3.44. The van der Waals surface area contributed by atoms with Gasteiger partial charge in [-0.15, -0.1) is 0 Å². The van der Waals surface area contributed by atoms with Crippen LogP contribution in [0.3, 0.4) is 0 Å². The topological polar surface area (TPSA) is 156 Å². The molecule has 0 spiro atoms. The third-order valence-electron chi connectivity index (χ3n) is 7.88. The predicted molar refractivity (Wildman–Crippen MR) is 175 cm³/mol. The Hall–Kier alpha value is -4.25. The molecule has 50 heavy (non-hydrogen) atoms.